The third kappa shape index (κ3) is 4.49. The van der Waals surface area contributed by atoms with Gasteiger partial charge in [0.2, 0.25) is 0 Å². The van der Waals surface area contributed by atoms with Gasteiger partial charge in [-0.05, 0) is 147 Å². The second kappa shape index (κ2) is 11.9. The molecule has 1 nitrogen and oxygen atoms in total. The van der Waals surface area contributed by atoms with Gasteiger partial charge in [-0.25, -0.2) is 0 Å². The first kappa shape index (κ1) is 32.6. The van der Waals surface area contributed by atoms with Crippen molar-refractivity contribution in [3.63, 3.8) is 0 Å². The first-order chi connectivity index (χ1) is 27.5. The fraction of sp³-hybridized carbons (Fsp3) is 0.236. The first-order valence-corrected chi connectivity index (χ1v) is 21.0. The minimum atomic E-state index is -0.0843. The molecular formula is C55H47N. The van der Waals surface area contributed by atoms with Crippen LogP contribution in [0.5, 0.6) is 0 Å². The highest BCUT2D eigenvalue weighted by atomic mass is 15.1. The van der Waals surface area contributed by atoms with E-state index in [0.29, 0.717) is 0 Å². The van der Waals surface area contributed by atoms with Crippen LogP contribution in [-0.2, 0) is 10.8 Å². The molecule has 4 bridgehead atoms. The van der Waals surface area contributed by atoms with Crippen molar-refractivity contribution < 1.29 is 0 Å². The molecule has 0 aliphatic heterocycles. The molecule has 4 saturated carbocycles. The summed E-state index contributed by atoms with van der Waals surface area (Å²) in [6.07, 6.45) is 7.04. The van der Waals surface area contributed by atoms with Gasteiger partial charge >= 0.3 is 0 Å². The van der Waals surface area contributed by atoms with E-state index in [9.17, 15) is 0 Å². The minimum Gasteiger partial charge on any atom is -0.310 e. The Kier molecular flexibility index (Phi) is 6.93. The van der Waals surface area contributed by atoms with E-state index in [1.54, 1.807) is 11.1 Å². The van der Waals surface area contributed by atoms with Crippen molar-refractivity contribution in [1.29, 1.82) is 0 Å². The van der Waals surface area contributed by atoms with E-state index in [4.69, 9.17) is 0 Å². The molecule has 0 atom stereocenters. The standard InChI is InChI=1S/C55H47N/c1-54(2)48-15-8-6-13-45(48)46-28-27-44(34-51(46)54)56(43-25-23-40(24-26-43)39-21-19-38(20-22-39)37-11-4-3-5-12-37)52-18-10-17-50-53(52)47-14-7-9-16-49(47)55(50)41-30-35-29-36(32-41)33-42(55)31-35/h3-28,34-36,41-42H,29-33H2,1-2H3. The average molecular weight is 722 g/mol. The van der Waals surface area contributed by atoms with Crippen molar-refractivity contribution in [2.45, 2.75) is 56.8 Å². The normalized spacial score (nSPS) is 24.1. The second-order valence-corrected chi connectivity index (χ2v) is 18.1. The van der Waals surface area contributed by atoms with Gasteiger partial charge in [-0.15, -0.1) is 0 Å². The lowest BCUT2D eigenvalue weighted by molar-refractivity contribution is -0.0399. The molecular weight excluding hydrogens is 675 g/mol. The monoisotopic (exact) mass is 721 g/mol. The Labute approximate surface area is 331 Å². The summed E-state index contributed by atoms with van der Waals surface area (Å²) in [6, 6.07) is 62.2. The summed E-state index contributed by atoms with van der Waals surface area (Å²) < 4.78 is 0. The number of hydrogen-bond donors (Lipinski definition) is 0. The Morgan fingerprint density at radius 1 is 0.411 bits per heavy atom. The van der Waals surface area contributed by atoms with Crippen molar-refractivity contribution in [1.82, 2.24) is 0 Å². The van der Waals surface area contributed by atoms with Crippen LogP contribution < -0.4 is 4.90 Å². The summed E-state index contributed by atoms with van der Waals surface area (Å²) in [7, 11) is 0. The zero-order valence-electron chi connectivity index (χ0n) is 32.4. The van der Waals surface area contributed by atoms with E-state index < -0.39 is 0 Å². The summed E-state index contributed by atoms with van der Waals surface area (Å²) in [6.45, 7) is 4.80. The lowest BCUT2D eigenvalue weighted by Gasteiger charge is -2.61. The van der Waals surface area contributed by atoms with E-state index in [2.05, 4.69) is 183 Å². The van der Waals surface area contributed by atoms with E-state index in [0.717, 1.165) is 23.7 Å². The maximum Gasteiger partial charge on any atom is 0.0543 e. The van der Waals surface area contributed by atoms with Crippen LogP contribution in [0.25, 0.3) is 44.5 Å². The number of fused-ring (bicyclic) bond motifs is 6. The third-order valence-electron chi connectivity index (χ3n) is 15.1. The molecule has 0 radical (unpaired) electrons. The summed E-state index contributed by atoms with van der Waals surface area (Å²) >= 11 is 0. The van der Waals surface area contributed by atoms with Crippen LogP contribution in [0.4, 0.5) is 17.1 Å². The molecule has 272 valence electrons. The number of anilines is 3. The van der Waals surface area contributed by atoms with Gasteiger partial charge in [-0.3, -0.25) is 0 Å². The van der Waals surface area contributed by atoms with Crippen molar-refractivity contribution in [3.8, 4) is 44.5 Å². The van der Waals surface area contributed by atoms with Crippen LogP contribution in [-0.4, -0.2) is 0 Å². The predicted molar refractivity (Wildman–Crippen MR) is 233 cm³/mol. The summed E-state index contributed by atoms with van der Waals surface area (Å²) in [5.41, 5.74) is 20.4. The molecule has 0 N–H and O–H groups in total. The average Bonchev–Trinajstić information content (AvgIpc) is 3.66. The largest absolute Gasteiger partial charge is 0.310 e. The molecule has 0 aromatic heterocycles. The van der Waals surface area contributed by atoms with Gasteiger partial charge < -0.3 is 4.90 Å². The summed E-state index contributed by atoms with van der Waals surface area (Å²) in [5.74, 6) is 3.31. The fourth-order valence-electron chi connectivity index (χ4n) is 12.9. The second-order valence-electron chi connectivity index (χ2n) is 18.1. The fourth-order valence-corrected chi connectivity index (χ4v) is 12.9. The minimum absolute atomic E-state index is 0.0843. The van der Waals surface area contributed by atoms with E-state index in [1.807, 2.05) is 0 Å². The summed E-state index contributed by atoms with van der Waals surface area (Å²) in [4.78, 5) is 2.59. The molecule has 0 heterocycles. The van der Waals surface area contributed by atoms with Crippen molar-refractivity contribution in [2.75, 3.05) is 4.90 Å². The molecule has 0 amide bonds. The quantitative estimate of drug-likeness (QED) is 0.171. The molecule has 6 aliphatic rings. The van der Waals surface area contributed by atoms with Crippen LogP contribution >= 0.6 is 0 Å². The number of hydrogen-bond acceptors (Lipinski definition) is 1. The summed E-state index contributed by atoms with van der Waals surface area (Å²) in [5, 5.41) is 0. The maximum atomic E-state index is 2.59. The van der Waals surface area contributed by atoms with Gasteiger partial charge in [0, 0.05) is 27.8 Å². The van der Waals surface area contributed by atoms with Gasteiger partial charge in [-0.1, -0.05) is 147 Å². The van der Waals surface area contributed by atoms with E-state index in [-0.39, 0.29) is 10.8 Å². The van der Waals surface area contributed by atoms with Crippen molar-refractivity contribution in [2.24, 2.45) is 23.7 Å². The highest BCUT2D eigenvalue weighted by Crippen LogP contribution is 2.70. The van der Waals surface area contributed by atoms with Crippen LogP contribution in [0, 0.1) is 23.7 Å². The van der Waals surface area contributed by atoms with Crippen molar-refractivity contribution in [3.05, 3.63) is 186 Å². The van der Waals surface area contributed by atoms with Crippen LogP contribution in [0.2, 0.25) is 0 Å². The molecule has 1 spiro atoms. The molecule has 7 aromatic rings. The molecule has 7 aromatic carbocycles. The Bertz CT molecular complexity index is 2630. The predicted octanol–water partition coefficient (Wildman–Crippen LogP) is 14.5. The van der Waals surface area contributed by atoms with Gasteiger partial charge in [0.25, 0.3) is 0 Å². The van der Waals surface area contributed by atoms with Crippen LogP contribution in [0.3, 0.4) is 0 Å². The third-order valence-corrected chi connectivity index (χ3v) is 15.1. The molecule has 0 unspecified atom stereocenters. The highest BCUT2D eigenvalue weighted by Gasteiger charge is 2.61. The van der Waals surface area contributed by atoms with Gasteiger partial charge in [0.05, 0.1) is 5.69 Å². The Hall–Kier alpha value is -5.66. The van der Waals surface area contributed by atoms with Crippen LogP contribution in [0.1, 0.15) is 68.2 Å². The smallest absolute Gasteiger partial charge is 0.0543 e. The van der Waals surface area contributed by atoms with Crippen LogP contribution in [0.15, 0.2) is 164 Å². The van der Waals surface area contributed by atoms with E-state index >= 15 is 0 Å². The zero-order chi connectivity index (χ0) is 37.2. The SMILES string of the molecule is CC1(C)c2ccccc2-c2ccc(N(c3ccc(-c4ccc(-c5ccccc5)cc4)cc3)c3cccc4c3-c3ccccc3C43C4CC5CC(C4)CC3C5)cc21. The topological polar surface area (TPSA) is 3.24 Å². The lowest BCUT2D eigenvalue weighted by Crippen LogP contribution is -2.55. The molecule has 1 heteroatoms. The Balaban J connectivity index is 1.03. The number of rotatable bonds is 5. The van der Waals surface area contributed by atoms with Crippen molar-refractivity contribution >= 4 is 17.1 Å². The number of nitrogens with zero attached hydrogens (tertiary/aromatic N) is 1. The molecule has 6 aliphatic carbocycles. The highest BCUT2D eigenvalue weighted by molar-refractivity contribution is 5.96. The van der Waals surface area contributed by atoms with Gasteiger partial charge in [0.15, 0.2) is 0 Å². The van der Waals surface area contributed by atoms with E-state index in [1.165, 1.54) is 105 Å². The molecule has 0 saturated heterocycles. The Morgan fingerprint density at radius 2 is 0.929 bits per heavy atom. The molecule has 13 rings (SSSR count). The molecule has 4 fully saturated rings. The molecule has 56 heavy (non-hydrogen) atoms. The first-order valence-electron chi connectivity index (χ1n) is 21.0. The van der Waals surface area contributed by atoms with Gasteiger partial charge in [0.1, 0.15) is 0 Å². The number of benzene rings is 7. The lowest BCUT2D eigenvalue weighted by atomic mass is 9.43. The Morgan fingerprint density at radius 3 is 1.61 bits per heavy atom. The van der Waals surface area contributed by atoms with Gasteiger partial charge in [-0.2, -0.15) is 0 Å². The maximum absolute atomic E-state index is 2.59. The zero-order valence-corrected chi connectivity index (χ0v) is 32.4.